The Hall–Kier alpha value is -2.21. The van der Waals surface area contributed by atoms with E-state index in [9.17, 15) is 4.79 Å². The fourth-order valence-corrected chi connectivity index (χ4v) is 2.56. The number of carbonyl (C=O) groups excluding carboxylic acids is 1. The quantitative estimate of drug-likeness (QED) is 0.589. The molecule has 6 heteroatoms. The Morgan fingerprint density at radius 2 is 2.15 bits per heavy atom. The van der Waals surface area contributed by atoms with Crippen molar-refractivity contribution in [1.29, 1.82) is 0 Å². The van der Waals surface area contributed by atoms with Crippen LogP contribution in [0.15, 0.2) is 41.8 Å². The molecule has 1 aromatic heterocycles. The van der Waals surface area contributed by atoms with Crippen molar-refractivity contribution in [3.05, 3.63) is 48.0 Å². The second kappa shape index (κ2) is 5.42. The van der Waals surface area contributed by atoms with E-state index in [4.69, 9.17) is 0 Å². The van der Waals surface area contributed by atoms with E-state index >= 15 is 0 Å². The lowest BCUT2D eigenvalue weighted by molar-refractivity contribution is 0.101. The molecule has 0 fully saturated rings. The van der Waals surface area contributed by atoms with E-state index in [1.165, 1.54) is 11.8 Å². The molecule has 5 nitrogen and oxygen atoms in total. The van der Waals surface area contributed by atoms with Crippen molar-refractivity contribution in [2.75, 3.05) is 0 Å². The summed E-state index contributed by atoms with van der Waals surface area (Å²) in [6, 6.07) is 7.25. The van der Waals surface area contributed by atoms with Crippen molar-refractivity contribution in [2.24, 2.45) is 0 Å². The number of ketones is 1. The van der Waals surface area contributed by atoms with Crippen LogP contribution in [0, 0.1) is 0 Å². The van der Waals surface area contributed by atoms with Crippen molar-refractivity contribution in [1.82, 2.24) is 19.9 Å². The lowest BCUT2D eigenvalue weighted by atomic mass is 10.2. The molecule has 3 rings (SSSR count). The molecular formula is C14H12N4OS. The Balaban J connectivity index is 1.86. The van der Waals surface area contributed by atoms with E-state index in [1.54, 1.807) is 31.5 Å². The van der Waals surface area contributed by atoms with E-state index < -0.39 is 0 Å². The van der Waals surface area contributed by atoms with Crippen LogP contribution in [0.3, 0.4) is 0 Å². The summed E-state index contributed by atoms with van der Waals surface area (Å²) >= 11 is 1.51. The van der Waals surface area contributed by atoms with Gasteiger partial charge in [-0.3, -0.25) is 4.79 Å². The Morgan fingerprint density at radius 3 is 2.90 bits per heavy atom. The number of rotatable bonds is 4. The average Bonchev–Trinajstić information content (AvgIpc) is 3.02. The van der Waals surface area contributed by atoms with Crippen LogP contribution in [0.2, 0.25) is 0 Å². The van der Waals surface area contributed by atoms with Crippen molar-refractivity contribution in [2.45, 2.75) is 17.8 Å². The molecule has 1 aromatic rings. The maximum atomic E-state index is 11.5. The number of nitrogens with zero attached hydrogens (tertiary/aromatic N) is 3. The first-order valence-electron chi connectivity index (χ1n) is 6.12. The molecule has 0 aromatic carbocycles. The maximum absolute atomic E-state index is 11.5. The highest BCUT2D eigenvalue weighted by Gasteiger charge is 2.12. The van der Waals surface area contributed by atoms with Gasteiger partial charge in [0.15, 0.2) is 10.9 Å². The van der Waals surface area contributed by atoms with Crippen LogP contribution >= 0.6 is 11.8 Å². The van der Waals surface area contributed by atoms with Crippen LogP contribution in [0.4, 0.5) is 0 Å². The molecule has 0 atom stereocenters. The number of H-pyrrole nitrogens is 1. The van der Waals surface area contributed by atoms with Crippen molar-refractivity contribution in [3.8, 4) is 11.4 Å². The summed E-state index contributed by atoms with van der Waals surface area (Å²) in [5.74, 6) is 1.60. The number of Topliss-reactive ketones (excluding diaryl/α,β-unsaturated/α-hetero) is 1. The molecule has 100 valence electrons. The highest BCUT2D eigenvalue weighted by Crippen LogP contribution is 2.25. The van der Waals surface area contributed by atoms with Gasteiger partial charge in [0.2, 0.25) is 0 Å². The topological polar surface area (TPSA) is 71.5 Å². The molecule has 20 heavy (non-hydrogen) atoms. The third kappa shape index (κ3) is 2.70. The van der Waals surface area contributed by atoms with Gasteiger partial charge in [-0.1, -0.05) is 23.9 Å². The average molecular weight is 284 g/mol. The van der Waals surface area contributed by atoms with Gasteiger partial charge in [0.05, 0.1) is 17.1 Å². The number of imidazole rings is 2. The molecule has 0 bridgehead atoms. The standard InChI is InChI=1S/C14H12N4OS/c1-9(19)10-3-2-4-11-12(7-10)18-14(17-11)20-8-13-15-5-6-16-13/h2-7H,8H2,1H3,(H,15,16). The molecule has 0 radical (unpaired) electrons. The van der Waals surface area contributed by atoms with Crippen molar-refractivity contribution < 1.29 is 4.79 Å². The van der Waals surface area contributed by atoms with Crippen LogP contribution in [-0.4, -0.2) is 25.7 Å². The van der Waals surface area contributed by atoms with Gasteiger partial charge >= 0.3 is 0 Å². The molecule has 2 heterocycles. The minimum absolute atomic E-state index is 0.0234. The molecule has 0 unspecified atom stereocenters. The van der Waals surface area contributed by atoms with E-state index in [0.717, 1.165) is 17.2 Å². The molecule has 0 saturated heterocycles. The largest absolute Gasteiger partial charge is 0.348 e. The molecule has 2 aliphatic rings. The van der Waals surface area contributed by atoms with Gasteiger partial charge in [0, 0.05) is 18.0 Å². The van der Waals surface area contributed by atoms with Gasteiger partial charge in [-0.2, -0.15) is 0 Å². The Labute approximate surface area is 120 Å². The minimum Gasteiger partial charge on any atom is -0.348 e. The molecule has 0 spiro atoms. The van der Waals surface area contributed by atoms with Crippen molar-refractivity contribution in [3.63, 3.8) is 0 Å². The Bertz CT molecular complexity index is 711. The number of thioether (sulfide) groups is 1. The second-order valence-electron chi connectivity index (χ2n) is 4.28. The maximum Gasteiger partial charge on any atom is 0.189 e. The number of aromatic amines is 1. The van der Waals surface area contributed by atoms with Gasteiger partial charge in [-0.05, 0) is 19.1 Å². The van der Waals surface area contributed by atoms with Gasteiger partial charge in [-0.25, -0.2) is 15.0 Å². The van der Waals surface area contributed by atoms with E-state index in [-0.39, 0.29) is 5.78 Å². The number of nitrogens with one attached hydrogen (secondary N) is 1. The smallest absolute Gasteiger partial charge is 0.189 e. The third-order valence-electron chi connectivity index (χ3n) is 2.82. The van der Waals surface area contributed by atoms with Gasteiger partial charge in [0.1, 0.15) is 5.82 Å². The first-order valence-corrected chi connectivity index (χ1v) is 7.11. The molecule has 1 N–H and O–H groups in total. The van der Waals surface area contributed by atoms with Crippen LogP contribution in [0.5, 0.6) is 0 Å². The molecule has 1 aliphatic carbocycles. The summed E-state index contributed by atoms with van der Waals surface area (Å²) in [5.41, 5.74) is 2.17. The van der Waals surface area contributed by atoms with Gasteiger partial charge in [0.25, 0.3) is 0 Å². The molecule has 1 aliphatic heterocycles. The van der Waals surface area contributed by atoms with E-state index in [2.05, 4.69) is 19.9 Å². The third-order valence-corrected chi connectivity index (χ3v) is 3.67. The fourth-order valence-electron chi connectivity index (χ4n) is 1.81. The Morgan fingerprint density at radius 1 is 1.30 bits per heavy atom. The highest BCUT2D eigenvalue weighted by molar-refractivity contribution is 7.98. The molecule has 0 amide bonds. The summed E-state index contributed by atoms with van der Waals surface area (Å²) in [5, 5.41) is 0.692. The molecular weight excluding hydrogens is 272 g/mol. The number of hydrogen-bond donors (Lipinski definition) is 1. The van der Waals surface area contributed by atoms with Crippen LogP contribution in [0.1, 0.15) is 23.1 Å². The summed E-state index contributed by atoms with van der Waals surface area (Å²) in [7, 11) is 0. The highest BCUT2D eigenvalue weighted by atomic mass is 32.2. The zero-order valence-electron chi connectivity index (χ0n) is 10.8. The predicted octanol–water partition coefficient (Wildman–Crippen LogP) is 2.80. The molecule has 0 saturated carbocycles. The van der Waals surface area contributed by atoms with E-state index in [0.29, 0.717) is 16.5 Å². The Kier molecular flexibility index (Phi) is 3.47. The van der Waals surface area contributed by atoms with Gasteiger partial charge in [-0.15, -0.1) is 0 Å². The van der Waals surface area contributed by atoms with Crippen LogP contribution < -0.4 is 0 Å². The lowest BCUT2D eigenvalue weighted by Gasteiger charge is -1.92. The second-order valence-corrected chi connectivity index (χ2v) is 5.23. The van der Waals surface area contributed by atoms with Crippen LogP contribution in [0.25, 0.3) is 11.4 Å². The first-order chi connectivity index (χ1) is 9.72. The van der Waals surface area contributed by atoms with Crippen molar-refractivity contribution >= 4 is 17.5 Å². The minimum atomic E-state index is 0.0234. The fraction of sp³-hybridized carbons (Fsp3) is 0.143. The number of hydrogen-bond acceptors (Lipinski definition) is 5. The number of carbonyl (C=O) groups is 1. The number of fused-ring (bicyclic) bond motifs is 1. The van der Waals surface area contributed by atoms with E-state index in [1.807, 2.05) is 12.1 Å². The summed E-state index contributed by atoms with van der Waals surface area (Å²) in [6.45, 7) is 1.55. The summed E-state index contributed by atoms with van der Waals surface area (Å²) in [6.07, 6.45) is 3.51. The number of aromatic nitrogens is 4. The summed E-state index contributed by atoms with van der Waals surface area (Å²) in [4.78, 5) is 27.5. The van der Waals surface area contributed by atoms with Gasteiger partial charge < -0.3 is 4.98 Å². The van der Waals surface area contributed by atoms with Crippen LogP contribution in [-0.2, 0) is 5.75 Å². The SMILES string of the molecule is CC(=O)c1cccc2nc(SCc3ncc[nH]3)nc-2c1. The zero-order valence-corrected chi connectivity index (χ0v) is 11.6. The zero-order chi connectivity index (χ0) is 13.9. The lowest BCUT2D eigenvalue weighted by Crippen LogP contribution is -1.88. The summed E-state index contributed by atoms with van der Waals surface area (Å²) < 4.78 is 0. The predicted molar refractivity (Wildman–Crippen MR) is 76.8 cm³/mol. The normalized spacial score (nSPS) is 10.8. The first kappa shape index (κ1) is 12.8. The monoisotopic (exact) mass is 284 g/mol.